The number of benzene rings is 2. The van der Waals surface area contributed by atoms with Crippen LogP contribution in [0.4, 0.5) is 5.69 Å². The number of rotatable bonds is 2. The number of pyridine rings is 1. The van der Waals surface area contributed by atoms with Gasteiger partial charge in [-0.05, 0) is 35.7 Å². The van der Waals surface area contributed by atoms with E-state index in [0.717, 1.165) is 10.8 Å². The Bertz CT molecular complexity index is 843. The third-order valence-corrected chi connectivity index (χ3v) is 3.16. The first-order valence-electron chi connectivity index (χ1n) is 6.43. The van der Waals surface area contributed by atoms with Gasteiger partial charge in [-0.25, -0.2) is 0 Å². The molecule has 0 unspecified atom stereocenters. The molecule has 1 heterocycles. The summed E-state index contributed by atoms with van der Waals surface area (Å²) in [7, 11) is 0. The van der Waals surface area contributed by atoms with Gasteiger partial charge in [0.25, 0.3) is 5.91 Å². The van der Waals surface area contributed by atoms with E-state index in [1.54, 1.807) is 30.5 Å². The molecule has 0 fully saturated rings. The SMILES string of the molecule is N#Cc1ccc(NC(=O)c2nccc3ccccc23)cc1. The van der Waals surface area contributed by atoms with Gasteiger partial charge in [0.15, 0.2) is 0 Å². The minimum Gasteiger partial charge on any atom is -0.321 e. The van der Waals surface area contributed by atoms with Gasteiger partial charge in [0, 0.05) is 17.3 Å². The van der Waals surface area contributed by atoms with E-state index in [0.29, 0.717) is 16.9 Å². The lowest BCUT2D eigenvalue weighted by Crippen LogP contribution is -2.14. The van der Waals surface area contributed by atoms with Crippen molar-refractivity contribution in [3.8, 4) is 6.07 Å². The van der Waals surface area contributed by atoms with Crippen molar-refractivity contribution in [3.05, 3.63) is 72.1 Å². The highest BCUT2D eigenvalue weighted by atomic mass is 16.1. The number of carbonyl (C=O) groups is 1. The fourth-order valence-corrected chi connectivity index (χ4v) is 2.12. The lowest BCUT2D eigenvalue weighted by atomic mass is 10.1. The second-order valence-electron chi connectivity index (χ2n) is 4.52. The van der Waals surface area contributed by atoms with Crippen molar-refractivity contribution in [1.29, 1.82) is 5.26 Å². The Labute approximate surface area is 121 Å². The monoisotopic (exact) mass is 273 g/mol. The third kappa shape index (κ3) is 2.58. The molecule has 0 bridgehead atoms. The average Bonchev–Trinajstić information content (AvgIpc) is 2.55. The van der Waals surface area contributed by atoms with E-state index in [1.165, 1.54) is 0 Å². The summed E-state index contributed by atoms with van der Waals surface area (Å²) in [6.07, 6.45) is 1.62. The molecular weight excluding hydrogens is 262 g/mol. The average molecular weight is 273 g/mol. The van der Waals surface area contributed by atoms with Crippen molar-refractivity contribution in [1.82, 2.24) is 4.98 Å². The molecule has 1 aromatic heterocycles. The molecule has 0 aliphatic rings. The molecule has 0 atom stereocenters. The highest BCUT2D eigenvalue weighted by molar-refractivity contribution is 6.11. The summed E-state index contributed by atoms with van der Waals surface area (Å²) < 4.78 is 0. The second-order valence-corrected chi connectivity index (χ2v) is 4.52. The molecule has 0 radical (unpaired) electrons. The van der Waals surface area contributed by atoms with E-state index in [-0.39, 0.29) is 5.91 Å². The Balaban J connectivity index is 1.92. The predicted molar refractivity (Wildman–Crippen MR) is 80.9 cm³/mol. The minimum atomic E-state index is -0.267. The summed E-state index contributed by atoms with van der Waals surface area (Å²) in [5, 5.41) is 13.3. The highest BCUT2D eigenvalue weighted by Gasteiger charge is 2.11. The maximum Gasteiger partial charge on any atom is 0.274 e. The van der Waals surface area contributed by atoms with Crippen molar-refractivity contribution in [3.63, 3.8) is 0 Å². The number of aromatic nitrogens is 1. The van der Waals surface area contributed by atoms with E-state index in [9.17, 15) is 4.79 Å². The van der Waals surface area contributed by atoms with Gasteiger partial charge in [0.2, 0.25) is 0 Å². The van der Waals surface area contributed by atoms with Crippen LogP contribution in [0.2, 0.25) is 0 Å². The minimum absolute atomic E-state index is 0.267. The third-order valence-electron chi connectivity index (χ3n) is 3.16. The fourth-order valence-electron chi connectivity index (χ4n) is 2.12. The molecule has 0 aliphatic heterocycles. The van der Waals surface area contributed by atoms with Gasteiger partial charge in [-0.3, -0.25) is 9.78 Å². The first kappa shape index (κ1) is 12.8. The molecular formula is C17H11N3O. The first-order chi connectivity index (χ1) is 10.3. The van der Waals surface area contributed by atoms with Crippen LogP contribution >= 0.6 is 0 Å². The zero-order chi connectivity index (χ0) is 14.7. The van der Waals surface area contributed by atoms with Crippen LogP contribution in [-0.2, 0) is 0 Å². The number of carbonyl (C=O) groups excluding carboxylic acids is 1. The maximum atomic E-state index is 12.3. The molecule has 1 N–H and O–H groups in total. The number of anilines is 1. The number of nitrogens with zero attached hydrogens (tertiary/aromatic N) is 2. The van der Waals surface area contributed by atoms with Gasteiger partial charge in [-0.1, -0.05) is 24.3 Å². The van der Waals surface area contributed by atoms with E-state index in [2.05, 4.69) is 10.3 Å². The summed E-state index contributed by atoms with van der Waals surface area (Å²) in [6.45, 7) is 0. The molecule has 1 amide bonds. The Hall–Kier alpha value is -3.19. The number of nitriles is 1. The molecule has 3 rings (SSSR count). The van der Waals surface area contributed by atoms with Crippen molar-refractivity contribution in [2.75, 3.05) is 5.32 Å². The number of hydrogen-bond acceptors (Lipinski definition) is 3. The molecule has 4 nitrogen and oxygen atoms in total. The molecule has 2 aromatic carbocycles. The van der Waals surface area contributed by atoms with Crippen molar-refractivity contribution >= 4 is 22.4 Å². The molecule has 0 spiro atoms. The lowest BCUT2D eigenvalue weighted by molar-refractivity contribution is 0.102. The zero-order valence-electron chi connectivity index (χ0n) is 11.1. The van der Waals surface area contributed by atoms with E-state index >= 15 is 0 Å². The second kappa shape index (κ2) is 5.43. The smallest absolute Gasteiger partial charge is 0.274 e. The topological polar surface area (TPSA) is 65.8 Å². The molecule has 21 heavy (non-hydrogen) atoms. The summed E-state index contributed by atoms with van der Waals surface area (Å²) in [5.74, 6) is -0.267. The van der Waals surface area contributed by atoms with Crippen LogP contribution in [0.3, 0.4) is 0 Å². The van der Waals surface area contributed by atoms with Crippen LogP contribution in [-0.4, -0.2) is 10.9 Å². The van der Waals surface area contributed by atoms with Gasteiger partial charge < -0.3 is 5.32 Å². The summed E-state index contributed by atoms with van der Waals surface area (Å²) in [4.78, 5) is 16.5. The van der Waals surface area contributed by atoms with Crippen LogP contribution < -0.4 is 5.32 Å². The van der Waals surface area contributed by atoms with Crippen LogP contribution in [0, 0.1) is 11.3 Å². The first-order valence-corrected chi connectivity index (χ1v) is 6.43. The van der Waals surface area contributed by atoms with Crippen LogP contribution in [0.25, 0.3) is 10.8 Å². The van der Waals surface area contributed by atoms with Crippen molar-refractivity contribution < 1.29 is 4.79 Å². The van der Waals surface area contributed by atoms with Gasteiger partial charge >= 0.3 is 0 Å². The Morgan fingerprint density at radius 1 is 1.05 bits per heavy atom. The summed E-state index contributed by atoms with van der Waals surface area (Å²) in [6, 6.07) is 18.2. The quantitative estimate of drug-likeness (QED) is 0.778. The fraction of sp³-hybridized carbons (Fsp3) is 0. The molecule has 0 saturated carbocycles. The van der Waals surface area contributed by atoms with Gasteiger partial charge in [-0.15, -0.1) is 0 Å². The maximum absolute atomic E-state index is 12.3. The van der Waals surface area contributed by atoms with Crippen LogP contribution in [0.5, 0.6) is 0 Å². The van der Waals surface area contributed by atoms with E-state index < -0.39 is 0 Å². The van der Waals surface area contributed by atoms with Crippen molar-refractivity contribution in [2.45, 2.75) is 0 Å². The normalized spacial score (nSPS) is 10.0. The van der Waals surface area contributed by atoms with Gasteiger partial charge in [0.1, 0.15) is 5.69 Å². The molecule has 0 aliphatic carbocycles. The Morgan fingerprint density at radius 2 is 1.81 bits per heavy atom. The van der Waals surface area contributed by atoms with Gasteiger partial charge in [-0.2, -0.15) is 5.26 Å². The molecule has 100 valence electrons. The highest BCUT2D eigenvalue weighted by Crippen LogP contribution is 2.18. The summed E-state index contributed by atoms with van der Waals surface area (Å²) >= 11 is 0. The summed E-state index contributed by atoms with van der Waals surface area (Å²) in [5.41, 5.74) is 1.57. The van der Waals surface area contributed by atoms with E-state index in [1.807, 2.05) is 36.4 Å². The number of fused-ring (bicyclic) bond motifs is 1. The van der Waals surface area contributed by atoms with Crippen LogP contribution in [0.1, 0.15) is 16.1 Å². The Morgan fingerprint density at radius 3 is 2.57 bits per heavy atom. The number of nitrogens with one attached hydrogen (secondary N) is 1. The van der Waals surface area contributed by atoms with Crippen LogP contribution in [0.15, 0.2) is 60.8 Å². The predicted octanol–water partition coefficient (Wildman–Crippen LogP) is 3.36. The molecule has 4 heteroatoms. The van der Waals surface area contributed by atoms with E-state index in [4.69, 9.17) is 5.26 Å². The van der Waals surface area contributed by atoms with Gasteiger partial charge in [0.05, 0.1) is 11.6 Å². The standard InChI is InChI=1S/C17H11N3O/c18-11-12-5-7-14(8-6-12)20-17(21)16-15-4-2-1-3-13(15)9-10-19-16/h1-10H,(H,20,21). The molecule has 3 aromatic rings. The number of amides is 1. The largest absolute Gasteiger partial charge is 0.321 e. The van der Waals surface area contributed by atoms with Crippen molar-refractivity contribution in [2.24, 2.45) is 0 Å². The number of hydrogen-bond donors (Lipinski definition) is 1. The Kier molecular flexibility index (Phi) is 3.32. The molecule has 0 saturated heterocycles. The lowest BCUT2D eigenvalue weighted by Gasteiger charge is -2.07. The zero-order valence-corrected chi connectivity index (χ0v) is 11.1.